The van der Waals surface area contributed by atoms with Gasteiger partial charge in [0.15, 0.2) is 18.5 Å². The van der Waals surface area contributed by atoms with Crippen LogP contribution in [0.1, 0.15) is 35.8 Å². The minimum Gasteiger partial charge on any atom is -0.388 e. The summed E-state index contributed by atoms with van der Waals surface area (Å²) in [5, 5.41) is 20.3. The number of aliphatic hydroxyl groups is 2. The van der Waals surface area contributed by atoms with E-state index in [1.807, 2.05) is 0 Å². The molecule has 0 aromatic carbocycles. The van der Waals surface area contributed by atoms with E-state index in [-0.39, 0.29) is 5.56 Å². The van der Waals surface area contributed by atoms with Gasteiger partial charge in [-0.3, -0.25) is 4.52 Å². The maximum atomic E-state index is 12.3. The topological polar surface area (TPSA) is 216 Å². The third-order valence-electron chi connectivity index (χ3n) is 4.56. The van der Waals surface area contributed by atoms with Gasteiger partial charge < -0.3 is 40.9 Å². The first kappa shape index (κ1) is 25.5. The molecular weight excluding hydrogens is 437 g/mol. The van der Waals surface area contributed by atoms with Crippen LogP contribution in [0.2, 0.25) is 0 Å². The van der Waals surface area contributed by atoms with Gasteiger partial charge in [-0.1, -0.05) is 6.42 Å². The smallest absolute Gasteiger partial charge is 0.388 e. The molecule has 2 rings (SSSR count). The van der Waals surface area contributed by atoms with Gasteiger partial charge in [-0.2, -0.15) is 4.57 Å². The Kier molecular flexibility index (Phi) is 9.18. The minimum atomic E-state index is -4.80. The number of aliphatic hydroxyl groups excluding tert-OH is 2. The Balaban J connectivity index is 2.03. The lowest BCUT2D eigenvalue weighted by atomic mass is 10.1. The molecule has 1 aliphatic rings. The van der Waals surface area contributed by atoms with Gasteiger partial charge in [-0.15, -0.1) is 0 Å². The number of nitrogens with zero attached hydrogens (tertiary/aromatic N) is 1. The number of hydrogen-bond donors (Lipinski definition) is 6. The highest BCUT2D eigenvalue weighted by Gasteiger charge is 2.49. The van der Waals surface area contributed by atoms with Crippen molar-refractivity contribution in [2.24, 2.45) is 11.5 Å². The van der Waals surface area contributed by atoms with E-state index in [9.17, 15) is 24.4 Å². The van der Waals surface area contributed by atoms with E-state index in [2.05, 4.69) is 4.52 Å². The SMILES string of the molecule is NCCCC[C@@H](N)C(=O)OC(=O)c1ccc[n+]([C@@H]2O[C@H](COP(=O)(O)O)[C@@H](O)[C@H]2O)c1. The number of phosphoric ester groups is 1. The van der Waals surface area contributed by atoms with E-state index < -0.39 is 56.9 Å². The number of nitrogens with two attached hydrogens (primary N) is 2. The van der Waals surface area contributed by atoms with Crippen LogP contribution in [0, 0.1) is 0 Å². The monoisotopic (exact) mass is 464 g/mol. The summed E-state index contributed by atoms with van der Waals surface area (Å²) >= 11 is 0. The van der Waals surface area contributed by atoms with E-state index in [0.717, 1.165) is 0 Å². The maximum Gasteiger partial charge on any atom is 0.469 e. The Morgan fingerprint density at radius 2 is 1.97 bits per heavy atom. The largest absolute Gasteiger partial charge is 0.469 e. The molecule has 2 heterocycles. The Bertz CT molecular complexity index is 819. The number of carbonyl (C=O) groups excluding carboxylic acids is 2. The summed E-state index contributed by atoms with van der Waals surface area (Å²) in [6.07, 6.45) is -1.16. The van der Waals surface area contributed by atoms with Crippen LogP contribution < -0.4 is 16.0 Å². The fourth-order valence-electron chi connectivity index (χ4n) is 2.91. The van der Waals surface area contributed by atoms with Crippen molar-refractivity contribution in [3.05, 3.63) is 30.1 Å². The normalized spacial score (nSPS) is 24.7. The van der Waals surface area contributed by atoms with Gasteiger partial charge in [0.1, 0.15) is 23.8 Å². The number of aromatic nitrogens is 1. The highest BCUT2D eigenvalue weighted by molar-refractivity contribution is 7.46. The van der Waals surface area contributed by atoms with Crippen LogP contribution >= 0.6 is 7.82 Å². The molecular formula is C17H27N3O10P+. The molecule has 0 radical (unpaired) electrons. The lowest BCUT2D eigenvalue weighted by Crippen LogP contribution is -2.46. The molecule has 0 saturated carbocycles. The van der Waals surface area contributed by atoms with Crippen LogP contribution in [0.4, 0.5) is 0 Å². The Morgan fingerprint density at radius 3 is 2.61 bits per heavy atom. The van der Waals surface area contributed by atoms with Crippen molar-refractivity contribution in [3.8, 4) is 0 Å². The predicted octanol–water partition coefficient (Wildman–Crippen LogP) is -2.16. The zero-order valence-electron chi connectivity index (χ0n) is 16.5. The average Bonchev–Trinajstić information content (AvgIpc) is 3.00. The molecule has 1 aromatic heterocycles. The molecule has 0 amide bonds. The summed E-state index contributed by atoms with van der Waals surface area (Å²) in [6.45, 7) is -0.210. The molecule has 1 fully saturated rings. The van der Waals surface area contributed by atoms with Gasteiger partial charge in [0, 0.05) is 6.07 Å². The zero-order chi connectivity index (χ0) is 23.2. The van der Waals surface area contributed by atoms with Crippen molar-refractivity contribution in [3.63, 3.8) is 0 Å². The van der Waals surface area contributed by atoms with E-state index >= 15 is 0 Å². The first-order valence-corrected chi connectivity index (χ1v) is 11.0. The third kappa shape index (κ3) is 7.38. The summed E-state index contributed by atoms with van der Waals surface area (Å²) in [6, 6.07) is 1.80. The summed E-state index contributed by atoms with van der Waals surface area (Å²) in [7, 11) is -4.80. The molecule has 13 nitrogen and oxygen atoms in total. The van der Waals surface area contributed by atoms with Crippen LogP contribution in [0.5, 0.6) is 0 Å². The van der Waals surface area contributed by atoms with Crippen LogP contribution in [-0.2, 0) is 23.4 Å². The third-order valence-corrected chi connectivity index (χ3v) is 5.05. The summed E-state index contributed by atoms with van der Waals surface area (Å²) in [5.41, 5.74) is 11.0. The first-order chi connectivity index (χ1) is 14.5. The van der Waals surface area contributed by atoms with E-state index in [0.29, 0.717) is 25.8 Å². The van der Waals surface area contributed by atoms with Crippen LogP contribution in [-0.4, -0.2) is 69.4 Å². The van der Waals surface area contributed by atoms with Gasteiger partial charge in [-0.25, -0.2) is 14.2 Å². The Morgan fingerprint density at radius 1 is 1.26 bits per heavy atom. The zero-order valence-corrected chi connectivity index (χ0v) is 17.4. The van der Waals surface area contributed by atoms with Crippen LogP contribution in [0.3, 0.4) is 0 Å². The van der Waals surface area contributed by atoms with Crippen LogP contribution in [0.25, 0.3) is 0 Å². The lowest BCUT2D eigenvalue weighted by Gasteiger charge is -2.13. The van der Waals surface area contributed by atoms with E-state index in [4.69, 9.17) is 30.7 Å². The Hall–Kier alpha value is -1.80. The molecule has 5 atom stereocenters. The lowest BCUT2D eigenvalue weighted by molar-refractivity contribution is -0.765. The molecule has 0 bridgehead atoms. The van der Waals surface area contributed by atoms with Crippen molar-refractivity contribution >= 4 is 19.8 Å². The molecule has 0 unspecified atom stereocenters. The summed E-state index contributed by atoms with van der Waals surface area (Å²) in [5.74, 6) is -1.86. The molecule has 0 aliphatic carbocycles. The number of hydrogen-bond acceptors (Lipinski definition) is 10. The maximum absolute atomic E-state index is 12.3. The number of pyridine rings is 1. The number of phosphoric acid groups is 1. The quantitative estimate of drug-likeness (QED) is 0.0718. The summed E-state index contributed by atoms with van der Waals surface area (Å²) in [4.78, 5) is 41.8. The molecule has 174 valence electrons. The van der Waals surface area contributed by atoms with Crippen molar-refractivity contribution in [1.29, 1.82) is 0 Å². The second kappa shape index (κ2) is 11.2. The number of rotatable bonds is 10. The molecule has 31 heavy (non-hydrogen) atoms. The first-order valence-electron chi connectivity index (χ1n) is 9.47. The van der Waals surface area contributed by atoms with Gasteiger partial charge in [0.05, 0.1) is 6.61 Å². The highest BCUT2D eigenvalue weighted by atomic mass is 31.2. The molecule has 1 saturated heterocycles. The number of carbonyl (C=O) groups is 2. The molecule has 0 spiro atoms. The standard InChI is InChI=1S/C17H26N3O10P/c18-6-2-1-5-11(19)17(24)30-16(23)10-4-3-7-20(8-10)15-14(22)13(21)12(29-15)9-28-31(25,26)27/h3-4,7-8,11-15,21-22H,1-2,5-6,9,18-19H2,(H-,25,26,27)/p+1/t11-,12-,13-,14-,15-/m1/s1. The number of esters is 2. The average molecular weight is 464 g/mol. The molecule has 1 aliphatic heterocycles. The van der Waals surface area contributed by atoms with E-state index in [1.54, 1.807) is 0 Å². The Labute approximate surface area is 177 Å². The summed E-state index contributed by atoms with van der Waals surface area (Å²) < 4.78 is 26.6. The van der Waals surface area contributed by atoms with Gasteiger partial charge in [0.25, 0.3) is 6.23 Å². The molecule has 1 aromatic rings. The molecule has 8 N–H and O–H groups in total. The second-order valence-electron chi connectivity index (χ2n) is 6.97. The fraction of sp³-hybridized carbons (Fsp3) is 0.588. The molecule has 14 heteroatoms. The van der Waals surface area contributed by atoms with Crippen LogP contribution in [0.15, 0.2) is 24.5 Å². The van der Waals surface area contributed by atoms with Crippen molar-refractivity contribution in [1.82, 2.24) is 0 Å². The minimum absolute atomic E-state index is 0.0507. The van der Waals surface area contributed by atoms with Gasteiger partial charge in [-0.05, 0) is 25.5 Å². The fourth-order valence-corrected chi connectivity index (χ4v) is 3.25. The van der Waals surface area contributed by atoms with E-state index in [1.165, 1.54) is 29.1 Å². The predicted molar refractivity (Wildman–Crippen MR) is 102 cm³/mol. The van der Waals surface area contributed by atoms with Crippen molar-refractivity contribution in [2.45, 2.75) is 49.8 Å². The highest BCUT2D eigenvalue weighted by Crippen LogP contribution is 2.37. The van der Waals surface area contributed by atoms with Gasteiger partial charge in [0.2, 0.25) is 0 Å². The number of unbranched alkanes of at least 4 members (excludes halogenated alkanes) is 1. The number of ether oxygens (including phenoxy) is 2. The van der Waals surface area contributed by atoms with Gasteiger partial charge >= 0.3 is 19.8 Å². The van der Waals surface area contributed by atoms with Crippen molar-refractivity contribution in [2.75, 3.05) is 13.2 Å². The van der Waals surface area contributed by atoms with Crippen molar-refractivity contribution < 1.29 is 52.7 Å². The second-order valence-corrected chi connectivity index (χ2v) is 8.21.